The monoisotopic (exact) mass is 479 g/mol. The van der Waals surface area contributed by atoms with Crippen molar-refractivity contribution in [2.24, 2.45) is 5.92 Å². The van der Waals surface area contributed by atoms with Gasteiger partial charge < -0.3 is 24.8 Å². The van der Waals surface area contributed by atoms with E-state index in [1.165, 1.54) is 19.2 Å². The van der Waals surface area contributed by atoms with Crippen LogP contribution in [0.2, 0.25) is 0 Å². The van der Waals surface area contributed by atoms with E-state index in [1.54, 1.807) is 18.3 Å². The smallest absolute Gasteiger partial charge is 0.257 e. The van der Waals surface area contributed by atoms with Gasteiger partial charge in [-0.1, -0.05) is 18.2 Å². The highest BCUT2D eigenvalue weighted by atomic mass is 19.1. The van der Waals surface area contributed by atoms with E-state index in [0.717, 1.165) is 29.7 Å². The molecule has 1 aliphatic carbocycles. The van der Waals surface area contributed by atoms with E-state index < -0.39 is 5.82 Å². The molecule has 4 rings (SSSR count). The first-order valence-electron chi connectivity index (χ1n) is 11.5. The van der Waals surface area contributed by atoms with Gasteiger partial charge >= 0.3 is 0 Å². The summed E-state index contributed by atoms with van der Waals surface area (Å²) in [6, 6.07) is 12.0. The molecule has 1 saturated carbocycles. The fourth-order valence-corrected chi connectivity index (χ4v) is 3.87. The molecule has 1 aromatic heterocycles. The number of hydrogen-bond donors (Lipinski definition) is 2. The number of hydrogen-bond acceptors (Lipinski definition) is 6. The molecule has 0 saturated heterocycles. The Labute approximate surface area is 204 Å². The van der Waals surface area contributed by atoms with Crippen molar-refractivity contribution in [1.82, 2.24) is 10.3 Å². The number of benzene rings is 2. The number of carbonyl (C=O) groups is 1. The number of anilines is 1. The molecule has 1 amide bonds. The van der Waals surface area contributed by atoms with Crippen LogP contribution in [0.15, 0.2) is 48.7 Å². The van der Waals surface area contributed by atoms with E-state index in [0.29, 0.717) is 23.7 Å². The number of aliphatic hydroxyl groups excluding tert-OH is 1. The maximum absolute atomic E-state index is 14.1. The second kappa shape index (κ2) is 10.7. The number of nitrogens with zero attached hydrogens (tertiary/aromatic N) is 2. The standard InChI is InChI=1S/C27H30FN3O4/c1-31(2)23-6-4-5-19(15-32)25(23)20-12-21(27(30-14-20)35-16-17-7-8-17)26(33)29-13-18-9-10-24(34-3)22(28)11-18/h4-6,9-12,14,17,32H,7-8,13,15-16H2,1-3H3,(H,29,33). The third kappa shape index (κ3) is 5.71. The molecule has 1 aliphatic rings. The molecule has 0 atom stereocenters. The van der Waals surface area contributed by atoms with Crippen molar-refractivity contribution in [2.75, 3.05) is 32.7 Å². The fraction of sp³-hybridized carbons (Fsp3) is 0.333. The summed E-state index contributed by atoms with van der Waals surface area (Å²) in [4.78, 5) is 19.7. The Kier molecular flexibility index (Phi) is 7.51. The Morgan fingerprint density at radius 3 is 2.69 bits per heavy atom. The van der Waals surface area contributed by atoms with Gasteiger partial charge in [-0.05, 0) is 54.2 Å². The van der Waals surface area contributed by atoms with Gasteiger partial charge in [0.25, 0.3) is 5.91 Å². The third-order valence-corrected chi connectivity index (χ3v) is 5.99. The van der Waals surface area contributed by atoms with Crippen LogP contribution in [0.4, 0.5) is 10.1 Å². The molecule has 0 aliphatic heterocycles. The lowest BCUT2D eigenvalue weighted by Gasteiger charge is -2.21. The van der Waals surface area contributed by atoms with Gasteiger partial charge in [0.2, 0.25) is 5.88 Å². The topological polar surface area (TPSA) is 83.9 Å². The quantitative estimate of drug-likeness (QED) is 0.454. The van der Waals surface area contributed by atoms with E-state index in [2.05, 4.69) is 10.3 Å². The summed E-state index contributed by atoms with van der Waals surface area (Å²) in [6.07, 6.45) is 3.89. The van der Waals surface area contributed by atoms with E-state index >= 15 is 0 Å². The number of ether oxygens (including phenoxy) is 2. The fourth-order valence-electron chi connectivity index (χ4n) is 3.87. The molecule has 0 spiro atoms. The van der Waals surface area contributed by atoms with Gasteiger partial charge in [0.15, 0.2) is 11.6 Å². The second-order valence-electron chi connectivity index (χ2n) is 8.85. The van der Waals surface area contributed by atoms with Gasteiger partial charge in [-0.3, -0.25) is 4.79 Å². The lowest BCUT2D eigenvalue weighted by atomic mass is 9.97. The van der Waals surface area contributed by atoms with Gasteiger partial charge in [0.05, 0.1) is 20.3 Å². The van der Waals surface area contributed by atoms with E-state index in [4.69, 9.17) is 9.47 Å². The van der Waals surface area contributed by atoms with Crippen LogP contribution in [0.5, 0.6) is 11.6 Å². The van der Waals surface area contributed by atoms with E-state index in [9.17, 15) is 14.3 Å². The third-order valence-electron chi connectivity index (χ3n) is 5.99. The molecular formula is C27H30FN3O4. The van der Waals surface area contributed by atoms with Crippen LogP contribution in [0.3, 0.4) is 0 Å². The van der Waals surface area contributed by atoms with Crippen molar-refractivity contribution in [2.45, 2.75) is 26.0 Å². The molecule has 2 aromatic carbocycles. The normalized spacial score (nSPS) is 12.8. The minimum Gasteiger partial charge on any atom is -0.494 e. The zero-order chi connectivity index (χ0) is 24.9. The lowest BCUT2D eigenvalue weighted by molar-refractivity contribution is 0.0945. The molecule has 8 heteroatoms. The summed E-state index contributed by atoms with van der Waals surface area (Å²) in [5.41, 5.74) is 4.00. The Morgan fingerprint density at radius 1 is 1.23 bits per heavy atom. The summed E-state index contributed by atoms with van der Waals surface area (Å²) in [6.45, 7) is 0.482. The zero-order valence-corrected chi connectivity index (χ0v) is 20.2. The highest BCUT2D eigenvalue weighted by molar-refractivity contribution is 5.98. The maximum Gasteiger partial charge on any atom is 0.257 e. The zero-order valence-electron chi connectivity index (χ0n) is 20.2. The minimum atomic E-state index is -0.492. The van der Waals surface area contributed by atoms with Gasteiger partial charge in [0, 0.05) is 43.7 Å². The number of pyridine rings is 1. The first kappa shape index (κ1) is 24.5. The first-order chi connectivity index (χ1) is 16.9. The van der Waals surface area contributed by atoms with Crippen LogP contribution in [0.1, 0.15) is 34.3 Å². The molecule has 1 fully saturated rings. The average molecular weight is 480 g/mol. The molecule has 0 bridgehead atoms. The van der Waals surface area contributed by atoms with Crippen LogP contribution in [0.25, 0.3) is 11.1 Å². The summed E-state index contributed by atoms with van der Waals surface area (Å²) in [5.74, 6) is 0.0199. The molecule has 0 radical (unpaired) electrons. The highest BCUT2D eigenvalue weighted by Gasteiger charge is 2.24. The van der Waals surface area contributed by atoms with Gasteiger partial charge in [-0.2, -0.15) is 0 Å². The number of aliphatic hydroxyl groups is 1. The largest absolute Gasteiger partial charge is 0.494 e. The van der Waals surface area contributed by atoms with Crippen LogP contribution < -0.4 is 19.7 Å². The first-order valence-corrected chi connectivity index (χ1v) is 11.5. The van der Waals surface area contributed by atoms with Crippen molar-refractivity contribution < 1.29 is 23.8 Å². The van der Waals surface area contributed by atoms with Crippen molar-refractivity contribution in [3.05, 3.63) is 71.2 Å². The Bertz CT molecular complexity index is 1210. The van der Waals surface area contributed by atoms with Crippen LogP contribution in [0, 0.1) is 11.7 Å². The van der Waals surface area contributed by atoms with Crippen LogP contribution >= 0.6 is 0 Å². The highest BCUT2D eigenvalue weighted by Crippen LogP contribution is 2.36. The van der Waals surface area contributed by atoms with Crippen LogP contribution in [-0.2, 0) is 13.2 Å². The number of halogens is 1. The van der Waals surface area contributed by atoms with E-state index in [1.807, 2.05) is 37.2 Å². The number of amides is 1. The molecule has 1 heterocycles. The number of aromatic nitrogens is 1. The number of nitrogens with one attached hydrogen (secondary N) is 1. The molecule has 3 aromatic rings. The molecule has 0 unspecified atom stereocenters. The summed E-state index contributed by atoms with van der Waals surface area (Å²) < 4.78 is 24.9. The maximum atomic E-state index is 14.1. The second-order valence-corrected chi connectivity index (χ2v) is 8.85. The predicted octanol–water partition coefficient (Wildman–Crippen LogP) is 4.17. The predicted molar refractivity (Wildman–Crippen MR) is 132 cm³/mol. The Hall–Kier alpha value is -3.65. The minimum absolute atomic E-state index is 0.127. The SMILES string of the molecule is COc1ccc(CNC(=O)c2cc(-c3c(CO)cccc3N(C)C)cnc2OCC2CC2)cc1F. The Balaban J connectivity index is 1.66. The average Bonchev–Trinajstić information content (AvgIpc) is 3.70. The lowest BCUT2D eigenvalue weighted by Crippen LogP contribution is -2.24. The van der Waals surface area contributed by atoms with Gasteiger partial charge in [0.1, 0.15) is 5.56 Å². The van der Waals surface area contributed by atoms with Crippen molar-refractivity contribution in [3.63, 3.8) is 0 Å². The molecule has 7 nitrogen and oxygen atoms in total. The molecule has 2 N–H and O–H groups in total. The van der Waals surface area contributed by atoms with Crippen molar-refractivity contribution in [3.8, 4) is 22.8 Å². The summed E-state index contributed by atoms with van der Waals surface area (Å²) >= 11 is 0. The number of carbonyl (C=O) groups excluding carboxylic acids is 1. The van der Waals surface area contributed by atoms with Gasteiger partial charge in [-0.25, -0.2) is 9.37 Å². The summed E-state index contributed by atoms with van der Waals surface area (Å²) in [5, 5.41) is 12.8. The summed E-state index contributed by atoms with van der Waals surface area (Å²) in [7, 11) is 5.24. The molecule has 35 heavy (non-hydrogen) atoms. The van der Waals surface area contributed by atoms with Crippen molar-refractivity contribution in [1.29, 1.82) is 0 Å². The molecular weight excluding hydrogens is 449 g/mol. The molecule has 184 valence electrons. The van der Waals surface area contributed by atoms with Crippen LogP contribution in [-0.4, -0.2) is 43.8 Å². The Morgan fingerprint density at radius 2 is 2.03 bits per heavy atom. The van der Waals surface area contributed by atoms with Crippen molar-refractivity contribution >= 4 is 11.6 Å². The number of rotatable bonds is 10. The van der Waals surface area contributed by atoms with E-state index in [-0.39, 0.29) is 36.3 Å². The van der Waals surface area contributed by atoms with Gasteiger partial charge in [-0.15, -0.1) is 0 Å². The number of methoxy groups -OCH3 is 1.